The number of likely N-dealkylation sites (N-methyl/N-ethyl adjacent to an activating group) is 1. The molecule has 1 fully saturated rings. The van der Waals surface area contributed by atoms with Crippen molar-refractivity contribution in [2.75, 3.05) is 27.2 Å². The van der Waals surface area contributed by atoms with E-state index in [9.17, 15) is 18.0 Å². The number of nitrogens with zero attached hydrogens (tertiary/aromatic N) is 2. The zero-order valence-electron chi connectivity index (χ0n) is 15.2. The number of carbonyl (C=O) groups is 2. The maximum Gasteiger partial charge on any atom is 0.317 e. The molecular formula is C17H25N3O5S. The molecule has 26 heavy (non-hydrogen) atoms. The molecule has 0 heterocycles. The van der Waals surface area contributed by atoms with Gasteiger partial charge in [-0.2, -0.15) is 0 Å². The normalized spacial score (nSPS) is 19.8. The molecule has 1 saturated carbocycles. The van der Waals surface area contributed by atoms with Crippen molar-refractivity contribution in [3.63, 3.8) is 0 Å². The van der Waals surface area contributed by atoms with Gasteiger partial charge in [0.2, 0.25) is 10.0 Å². The summed E-state index contributed by atoms with van der Waals surface area (Å²) in [6.45, 7) is 2.44. The Morgan fingerprint density at radius 2 is 1.92 bits per heavy atom. The molecule has 0 radical (unpaired) electrons. The molecule has 9 heteroatoms. The van der Waals surface area contributed by atoms with Crippen molar-refractivity contribution in [3.05, 3.63) is 29.8 Å². The van der Waals surface area contributed by atoms with Gasteiger partial charge in [0, 0.05) is 31.7 Å². The summed E-state index contributed by atoms with van der Waals surface area (Å²) in [6.07, 6.45) is 1.13. The fourth-order valence-electron chi connectivity index (χ4n) is 3.00. The molecular weight excluding hydrogens is 358 g/mol. The molecule has 1 aromatic rings. The summed E-state index contributed by atoms with van der Waals surface area (Å²) in [5.74, 6) is -1.16. The first-order valence-corrected chi connectivity index (χ1v) is 9.92. The SMILES string of the molecule is CCN(CC(=O)O)C1CC(NS(=O)(=O)c2cccc(C(=O)N(C)C)c2)C1. The van der Waals surface area contributed by atoms with E-state index in [0.29, 0.717) is 24.9 Å². The van der Waals surface area contributed by atoms with Crippen LogP contribution in [0.2, 0.25) is 0 Å². The third-order valence-electron chi connectivity index (χ3n) is 4.49. The lowest BCUT2D eigenvalue weighted by molar-refractivity contribution is -0.139. The smallest absolute Gasteiger partial charge is 0.317 e. The van der Waals surface area contributed by atoms with E-state index in [1.807, 2.05) is 11.8 Å². The van der Waals surface area contributed by atoms with Crippen LogP contribution in [-0.4, -0.2) is 74.5 Å². The molecule has 2 N–H and O–H groups in total. The standard InChI is InChI=1S/C17H25N3O5S/c1-4-20(11-16(21)22)14-9-13(10-14)18-26(24,25)15-7-5-6-12(8-15)17(23)19(2)3/h5-8,13-14,18H,4,9-11H2,1-3H3,(H,21,22). The van der Waals surface area contributed by atoms with E-state index in [0.717, 1.165) is 0 Å². The molecule has 1 aliphatic rings. The Morgan fingerprint density at radius 3 is 2.46 bits per heavy atom. The molecule has 0 saturated heterocycles. The van der Waals surface area contributed by atoms with Crippen LogP contribution >= 0.6 is 0 Å². The topological polar surface area (TPSA) is 107 Å². The van der Waals surface area contributed by atoms with Gasteiger partial charge in [0.05, 0.1) is 11.4 Å². The summed E-state index contributed by atoms with van der Waals surface area (Å²) >= 11 is 0. The van der Waals surface area contributed by atoms with Gasteiger partial charge in [-0.15, -0.1) is 0 Å². The molecule has 1 amide bonds. The number of amides is 1. The largest absolute Gasteiger partial charge is 0.480 e. The summed E-state index contributed by atoms with van der Waals surface area (Å²) in [7, 11) is -0.529. The van der Waals surface area contributed by atoms with Gasteiger partial charge in [-0.1, -0.05) is 13.0 Å². The number of nitrogens with one attached hydrogen (secondary N) is 1. The zero-order chi connectivity index (χ0) is 19.5. The van der Waals surface area contributed by atoms with Crippen LogP contribution in [0.4, 0.5) is 0 Å². The van der Waals surface area contributed by atoms with E-state index >= 15 is 0 Å². The Bertz CT molecular complexity index is 772. The van der Waals surface area contributed by atoms with Crippen LogP contribution in [0.25, 0.3) is 0 Å². The predicted octanol–water partition coefficient (Wildman–Crippen LogP) is 0.604. The van der Waals surface area contributed by atoms with E-state index in [4.69, 9.17) is 5.11 Å². The van der Waals surface area contributed by atoms with Crippen LogP contribution in [-0.2, 0) is 14.8 Å². The highest BCUT2D eigenvalue weighted by Crippen LogP contribution is 2.27. The summed E-state index contributed by atoms with van der Waals surface area (Å²) in [5.41, 5.74) is 0.308. The van der Waals surface area contributed by atoms with Crippen molar-refractivity contribution in [3.8, 4) is 0 Å². The molecule has 0 spiro atoms. The highest BCUT2D eigenvalue weighted by Gasteiger charge is 2.36. The average molecular weight is 383 g/mol. The lowest BCUT2D eigenvalue weighted by Crippen LogP contribution is -2.54. The minimum absolute atomic E-state index is 0.0463. The first-order chi connectivity index (χ1) is 12.1. The van der Waals surface area contributed by atoms with E-state index in [1.165, 1.54) is 17.0 Å². The molecule has 0 unspecified atom stereocenters. The van der Waals surface area contributed by atoms with Crippen molar-refractivity contribution in [1.82, 2.24) is 14.5 Å². The molecule has 1 aliphatic carbocycles. The Balaban J connectivity index is 2.01. The number of hydrogen-bond acceptors (Lipinski definition) is 5. The molecule has 8 nitrogen and oxygen atoms in total. The maximum atomic E-state index is 12.6. The molecule has 0 aromatic heterocycles. The van der Waals surface area contributed by atoms with E-state index in [-0.39, 0.29) is 29.4 Å². The second-order valence-corrected chi connectivity index (χ2v) is 8.34. The van der Waals surface area contributed by atoms with Gasteiger partial charge in [-0.25, -0.2) is 13.1 Å². The number of sulfonamides is 1. The van der Waals surface area contributed by atoms with Gasteiger partial charge in [-0.3, -0.25) is 14.5 Å². The van der Waals surface area contributed by atoms with Crippen LogP contribution in [0.5, 0.6) is 0 Å². The van der Waals surface area contributed by atoms with Crippen LogP contribution in [0, 0.1) is 0 Å². The van der Waals surface area contributed by atoms with Crippen molar-refractivity contribution in [2.24, 2.45) is 0 Å². The molecule has 144 valence electrons. The minimum atomic E-state index is -3.74. The number of hydrogen-bond donors (Lipinski definition) is 2. The van der Waals surface area contributed by atoms with Crippen molar-refractivity contribution in [1.29, 1.82) is 0 Å². The van der Waals surface area contributed by atoms with Gasteiger partial charge in [-0.05, 0) is 37.6 Å². The highest BCUT2D eigenvalue weighted by molar-refractivity contribution is 7.89. The van der Waals surface area contributed by atoms with Gasteiger partial charge in [0.1, 0.15) is 0 Å². The quantitative estimate of drug-likeness (QED) is 0.681. The Labute approximate surface area is 153 Å². The van der Waals surface area contributed by atoms with Crippen LogP contribution in [0.3, 0.4) is 0 Å². The van der Waals surface area contributed by atoms with E-state index in [2.05, 4.69) is 4.72 Å². The number of carbonyl (C=O) groups excluding carboxylic acids is 1. The van der Waals surface area contributed by atoms with Crippen molar-refractivity contribution >= 4 is 21.9 Å². The molecule has 0 atom stereocenters. The Kier molecular flexibility index (Phi) is 6.38. The lowest BCUT2D eigenvalue weighted by atomic mass is 9.86. The summed E-state index contributed by atoms with van der Waals surface area (Å²) in [4.78, 5) is 26.1. The third-order valence-corrected chi connectivity index (χ3v) is 6.01. The fraction of sp³-hybridized carbons (Fsp3) is 0.529. The predicted molar refractivity (Wildman–Crippen MR) is 96.5 cm³/mol. The number of aliphatic carboxylic acids is 1. The summed E-state index contributed by atoms with van der Waals surface area (Å²) < 4.78 is 27.8. The van der Waals surface area contributed by atoms with Gasteiger partial charge < -0.3 is 10.0 Å². The van der Waals surface area contributed by atoms with Gasteiger partial charge >= 0.3 is 5.97 Å². The number of carboxylic acid groups (broad SMARTS) is 1. The summed E-state index contributed by atoms with van der Waals surface area (Å²) in [5, 5.41) is 8.91. The van der Waals surface area contributed by atoms with Crippen LogP contribution in [0.1, 0.15) is 30.1 Å². The molecule has 1 aromatic carbocycles. The summed E-state index contributed by atoms with van der Waals surface area (Å²) in [6, 6.07) is 5.76. The number of rotatable bonds is 8. The molecule has 0 aliphatic heterocycles. The zero-order valence-corrected chi connectivity index (χ0v) is 16.0. The molecule has 2 rings (SSSR count). The second kappa shape index (κ2) is 8.15. The average Bonchev–Trinajstić information content (AvgIpc) is 2.55. The fourth-order valence-corrected chi connectivity index (χ4v) is 4.30. The minimum Gasteiger partial charge on any atom is -0.480 e. The number of benzene rings is 1. The van der Waals surface area contributed by atoms with Crippen molar-refractivity contribution in [2.45, 2.75) is 36.7 Å². The van der Waals surface area contributed by atoms with Crippen molar-refractivity contribution < 1.29 is 23.1 Å². The van der Waals surface area contributed by atoms with Crippen LogP contribution in [0.15, 0.2) is 29.2 Å². The Hall–Kier alpha value is -1.97. The first kappa shape index (κ1) is 20.3. The third kappa shape index (κ3) is 4.80. The first-order valence-electron chi connectivity index (χ1n) is 8.44. The van der Waals surface area contributed by atoms with Crippen LogP contribution < -0.4 is 4.72 Å². The highest BCUT2D eigenvalue weighted by atomic mass is 32.2. The molecule has 0 bridgehead atoms. The van der Waals surface area contributed by atoms with E-state index < -0.39 is 16.0 Å². The Morgan fingerprint density at radius 1 is 1.27 bits per heavy atom. The maximum absolute atomic E-state index is 12.6. The lowest BCUT2D eigenvalue weighted by Gasteiger charge is -2.42. The van der Waals surface area contributed by atoms with Gasteiger partial charge in [0.25, 0.3) is 5.91 Å². The second-order valence-electron chi connectivity index (χ2n) is 6.63. The van der Waals surface area contributed by atoms with Gasteiger partial charge in [0.15, 0.2) is 0 Å². The monoisotopic (exact) mass is 383 g/mol. The van der Waals surface area contributed by atoms with E-state index in [1.54, 1.807) is 26.2 Å². The number of carboxylic acids is 1.